The molecule has 64 heavy (non-hydrogen) atoms. The minimum Gasteiger partial charge on any atom is -0.339 e. The van der Waals surface area contributed by atoms with E-state index in [1.807, 2.05) is 9.96 Å². The first-order chi connectivity index (χ1) is 31.5. The van der Waals surface area contributed by atoms with E-state index in [9.17, 15) is 4.79 Å². The number of amides is 1. The topological polar surface area (TPSA) is 71.7 Å². The standard InChI is InChI=1S/C9H18N2.C8H16N2.2C7H14N2.C6H10N2O.C6H12N2.C5H10N2O/c1-4-10-6-2-7-11(5-1)9-3-8-10;1-3-9-5-2-6-10(4-1)8-7-9;1-7-6-8-2-4-9(7)5-3-8;1-2-8-4-6-9(3-1)7-5-8;9-6-5-7-1-3-8(6)4-2-7;1-2-8-5-3-7(1)4-6-8;1-3-7-4-2-6(1)5-8-7/h1-9H2;1-8H2;7H,2-6H2,1H3;1-7H2;1-5H2;1-6H2;1-5H2. The van der Waals surface area contributed by atoms with E-state index in [0.29, 0.717) is 12.5 Å². The molecule has 0 saturated carbocycles. The minimum absolute atomic E-state index is 0.313. The first-order valence-electron chi connectivity index (χ1n) is 26.8. The molecular weight excluding hydrogens is 805 g/mol. The van der Waals surface area contributed by atoms with Crippen LogP contribution < -0.4 is 0 Å². The first-order valence-corrected chi connectivity index (χ1v) is 26.8. The maximum absolute atomic E-state index is 10.9. The van der Waals surface area contributed by atoms with Crippen LogP contribution in [0.25, 0.3) is 0 Å². The predicted octanol–water partition coefficient (Wildman–Crippen LogP) is -0.532. The van der Waals surface area contributed by atoms with E-state index in [2.05, 4.69) is 65.7 Å². The molecule has 20 fully saturated rings. The smallest absolute Gasteiger partial charge is 0.236 e. The molecule has 368 valence electrons. The lowest BCUT2D eigenvalue weighted by Crippen LogP contribution is -2.59. The molecule has 0 aromatic carbocycles. The monoisotopic (exact) mass is 899 g/mol. The van der Waals surface area contributed by atoms with Crippen LogP contribution in [-0.4, -0.2) is 336 Å². The first kappa shape index (κ1) is 49.3. The van der Waals surface area contributed by atoms with E-state index in [1.54, 1.807) is 0 Å². The predicted molar refractivity (Wildman–Crippen MR) is 259 cm³/mol. The lowest BCUT2D eigenvalue weighted by Gasteiger charge is -2.46. The summed E-state index contributed by atoms with van der Waals surface area (Å²) in [5.74, 6) is 0.313. The van der Waals surface area contributed by atoms with E-state index in [4.69, 9.17) is 4.84 Å². The minimum atomic E-state index is 0.313. The van der Waals surface area contributed by atoms with Crippen molar-refractivity contribution in [1.82, 2.24) is 68.8 Å². The largest absolute Gasteiger partial charge is 0.339 e. The zero-order chi connectivity index (χ0) is 43.8. The second kappa shape index (κ2) is 26.6. The molecule has 20 saturated heterocycles. The summed E-state index contributed by atoms with van der Waals surface area (Å²) in [5, 5.41) is 2.04. The molecule has 20 aliphatic heterocycles. The second-order valence-corrected chi connectivity index (χ2v) is 21.0. The van der Waals surface area contributed by atoms with Crippen molar-refractivity contribution in [3.8, 4) is 0 Å². The van der Waals surface area contributed by atoms with Gasteiger partial charge in [0.25, 0.3) is 0 Å². The molecule has 0 aromatic rings. The zero-order valence-electron chi connectivity index (χ0n) is 41.0. The molecular formula is C48H94N14O2. The van der Waals surface area contributed by atoms with Crippen LogP contribution in [0.1, 0.15) is 45.4 Å². The number of hydroxylamine groups is 2. The van der Waals surface area contributed by atoms with Crippen molar-refractivity contribution < 1.29 is 9.63 Å². The number of carbonyl (C=O) groups excluding carboxylic acids is 1. The maximum Gasteiger partial charge on any atom is 0.236 e. The summed E-state index contributed by atoms with van der Waals surface area (Å²) in [4.78, 5) is 48.5. The van der Waals surface area contributed by atoms with Crippen LogP contribution in [0.2, 0.25) is 0 Å². The van der Waals surface area contributed by atoms with Crippen molar-refractivity contribution >= 4 is 5.91 Å². The number of piperazine rings is 11. The Bertz CT molecular complexity index is 1150. The molecule has 0 radical (unpaired) electrons. The third-order valence-electron chi connectivity index (χ3n) is 16.5. The number of nitrogens with zero attached hydrogens (tertiary/aromatic N) is 14. The summed E-state index contributed by atoms with van der Waals surface area (Å²) in [6.45, 7) is 51.0. The Morgan fingerprint density at radius 3 is 0.797 bits per heavy atom. The van der Waals surface area contributed by atoms with Crippen molar-refractivity contribution in [2.24, 2.45) is 0 Å². The lowest BCUT2D eigenvalue weighted by atomic mass is 10.1. The molecule has 16 heteroatoms. The van der Waals surface area contributed by atoms with Gasteiger partial charge in [-0.3, -0.25) is 39.0 Å². The van der Waals surface area contributed by atoms with Crippen molar-refractivity contribution in [3.63, 3.8) is 0 Å². The maximum atomic E-state index is 10.9. The van der Waals surface area contributed by atoms with Gasteiger partial charge in [0.05, 0.1) is 6.54 Å². The van der Waals surface area contributed by atoms with Crippen LogP contribution in [0.5, 0.6) is 0 Å². The van der Waals surface area contributed by atoms with Crippen molar-refractivity contribution in [1.29, 1.82) is 0 Å². The molecule has 20 heterocycles. The highest BCUT2D eigenvalue weighted by Crippen LogP contribution is 2.15. The van der Waals surface area contributed by atoms with Crippen molar-refractivity contribution in [2.45, 2.75) is 51.5 Å². The molecule has 20 rings (SSSR count). The van der Waals surface area contributed by atoms with Gasteiger partial charge in [-0.1, -0.05) is 0 Å². The lowest BCUT2D eigenvalue weighted by molar-refractivity contribution is -0.258. The summed E-state index contributed by atoms with van der Waals surface area (Å²) < 4.78 is 0. The molecule has 0 N–H and O–H groups in total. The summed E-state index contributed by atoms with van der Waals surface area (Å²) in [7, 11) is 0. The molecule has 1 unspecified atom stereocenters. The zero-order valence-corrected chi connectivity index (χ0v) is 41.0. The van der Waals surface area contributed by atoms with Gasteiger partial charge >= 0.3 is 0 Å². The molecule has 20 aliphatic rings. The third kappa shape index (κ3) is 16.3. The Morgan fingerprint density at radius 2 is 0.625 bits per heavy atom. The van der Waals surface area contributed by atoms with Gasteiger partial charge in [0.1, 0.15) is 6.73 Å². The Kier molecular flexibility index (Phi) is 20.5. The highest BCUT2D eigenvalue weighted by atomic mass is 16.7. The summed E-state index contributed by atoms with van der Waals surface area (Å²) in [5.41, 5.74) is 0. The third-order valence-corrected chi connectivity index (χ3v) is 16.5. The van der Waals surface area contributed by atoms with E-state index in [0.717, 1.165) is 52.0 Å². The van der Waals surface area contributed by atoms with Crippen LogP contribution in [0.15, 0.2) is 0 Å². The highest BCUT2D eigenvalue weighted by molar-refractivity contribution is 5.79. The SMILES string of the molecule is C1CN2CCCN(C1)CC2.C1CN2CCCN(C1)CCC2.C1CN2CCN(C1)CC2.C1CN2CCN1CC2.C1CN2CCN1CO2.CC1CN2CCN1CC2.O=C1CN2CCN1CC2. The van der Waals surface area contributed by atoms with Gasteiger partial charge in [-0.15, -0.1) is 0 Å². The van der Waals surface area contributed by atoms with E-state index in [1.165, 1.54) is 241 Å². The van der Waals surface area contributed by atoms with Crippen molar-refractivity contribution in [3.05, 3.63) is 0 Å². The fourth-order valence-corrected chi connectivity index (χ4v) is 12.0. The van der Waals surface area contributed by atoms with Crippen LogP contribution in [0.3, 0.4) is 0 Å². The molecule has 0 spiro atoms. The highest BCUT2D eigenvalue weighted by Gasteiger charge is 2.30. The van der Waals surface area contributed by atoms with Gasteiger partial charge < -0.3 is 34.3 Å². The molecule has 14 bridgehead atoms. The van der Waals surface area contributed by atoms with Gasteiger partial charge in [-0.05, 0) is 124 Å². The average Bonchev–Trinajstić information content (AvgIpc) is 3.90. The number of carbonyl (C=O) groups is 1. The Morgan fingerprint density at radius 1 is 0.328 bits per heavy atom. The van der Waals surface area contributed by atoms with Gasteiger partial charge in [0, 0.05) is 170 Å². The van der Waals surface area contributed by atoms with Gasteiger partial charge in [0.2, 0.25) is 5.91 Å². The molecule has 1 amide bonds. The molecule has 0 aromatic heterocycles. The van der Waals surface area contributed by atoms with E-state index < -0.39 is 0 Å². The van der Waals surface area contributed by atoms with Crippen molar-refractivity contribution in [2.75, 3.05) is 255 Å². The van der Waals surface area contributed by atoms with E-state index >= 15 is 0 Å². The number of hydrogen-bond acceptors (Lipinski definition) is 15. The number of fused-ring (bicyclic) bond motifs is 25. The Labute approximate surface area is 390 Å². The average molecular weight is 899 g/mol. The van der Waals surface area contributed by atoms with E-state index in [-0.39, 0.29) is 0 Å². The Hall–Kier alpha value is -1.09. The van der Waals surface area contributed by atoms with Crippen LogP contribution in [0.4, 0.5) is 0 Å². The van der Waals surface area contributed by atoms with Crippen LogP contribution in [0, 0.1) is 0 Å². The summed E-state index contributed by atoms with van der Waals surface area (Å²) in [6, 6.07) is 0.826. The normalized spacial score (nSPS) is 41.2. The van der Waals surface area contributed by atoms with Crippen LogP contribution >= 0.6 is 0 Å². The summed E-state index contributed by atoms with van der Waals surface area (Å²) >= 11 is 0. The Balaban J connectivity index is 0.000000102. The van der Waals surface area contributed by atoms with Gasteiger partial charge in [0.15, 0.2) is 0 Å². The fourth-order valence-electron chi connectivity index (χ4n) is 12.0. The number of rotatable bonds is 0. The van der Waals surface area contributed by atoms with Gasteiger partial charge in [-0.25, -0.2) is 0 Å². The fraction of sp³-hybridized carbons (Fsp3) is 0.979. The molecule has 1 atom stereocenters. The number of hydrogen-bond donors (Lipinski definition) is 0. The van der Waals surface area contributed by atoms with Gasteiger partial charge in [-0.2, -0.15) is 5.06 Å². The van der Waals surface area contributed by atoms with Crippen LogP contribution in [-0.2, 0) is 9.63 Å². The molecule has 16 nitrogen and oxygen atoms in total. The quantitative estimate of drug-likeness (QED) is 0.313. The second-order valence-electron chi connectivity index (χ2n) is 21.0. The molecule has 0 aliphatic carbocycles. The summed E-state index contributed by atoms with van der Waals surface area (Å²) in [6.07, 6.45) is 8.33.